The summed E-state index contributed by atoms with van der Waals surface area (Å²) in [5.41, 5.74) is 1.95. The van der Waals surface area contributed by atoms with Crippen molar-refractivity contribution in [3.05, 3.63) is 70.8 Å². The lowest BCUT2D eigenvalue weighted by molar-refractivity contribution is 0.219. The first-order valence-corrected chi connectivity index (χ1v) is 5.28. The molecule has 17 heavy (non-hydrogen) atoms. The van der Waals surface area contributed by atoms with Crippen LogP contribution in [0.2, 0.25) is 0 Å². The summed E-state index contributed by atoms with van der Waals surface area (Å²) in [4.78, 5) is 0. The first-order chi connectivity index (χ1) is 8.09. The van der Waals surface area contributed by atoms with E-state index in [0.717, 1.165) is 17.7 Å². The van der Waals surface area contributed by atoms with E-state index in [9.17, 15) is 13.9 Å². The monoisotopic (exact) mass is 234 g/mol. The maximum absolute atomic E-state index is 13.1. The maximum Gasteiger partial charge on any atom is 0.159 e. The van der Waals surface area contributed by atoms with Crippen molar-refractivity contribution < 1.29 is 13.9 Å². The molecule has 0 spiro atoms. The van der Waals surface area contributed by atoms with Crippen LogP contribution in [0.5, 0.6) is 0 Å². The minimum Gasteiger partial charge on any atom is -0.384 e. The molecular weight excluding hydrogens is 222 g/mol. The van der Waals surface area contributed by atoms with Crippen LogP contribution < -0.4 is 0 Å². The zero-order chi connectivity index (χ0) is 12.4. The zero-order valence-electron chi connectivity index (χ0n) is 9.32. The fraction of sp³-hybridized carbons (Fsp3) is 0.143. The molecule has 2 aromatic rings. The number of aryl methyl sites for hydroxylation is 1. The molecule has 1 unspecified atom stereocenters. The lowest BCUT2D eigenvalue weighted by Gasteiger charge is -2.14. The summed E-state index contributed by atoms with van der Waals surface area (Å²) < 4.78 is 25.9. The minimum atomic E-state index is -0.949. The Hall–Kier alpha value is -1.74. The van der Waals surface area contributed by atoms with Gasteiger partial charge in [-0.3, -0.25) is 0 Å². The number of benzene rings is 2. The number of rotatable bonds is 2. The number of halogens is 2. The van der Waals surface area contributed by atoms with Crippen LogP contribution in [-0.2, 0) is 0 Å². The summed E-state index contributed by atoms with van der Waals surface area (Å²) in [6.45, 7) is 1.86. The molecule has 2 rings (SSSR count). The third kappa shape index (κ3) is 2.34. The number of hydrogen-bond donors (Lipinski definition) is 1. The quantitative estimate of drug-likeness (QED) is 0.844. The average molecular weight is 234 g/mol. The highest BCUT2D eigenvalue weighted by Gasteiger charge is 2.14. The fourth-order valence-corrected chi connectivity index (χ4v) is 1.76. The molecule has 0 aliphatic carbocycles. The Kier molecular flexibility index (Phi) is 3.20. The highest BCUT2D eigenvalue weighted by atomic mass is 19.2. The Balaban J connectivity index is 2.40. The molecule has 0 aliphatic rings. The van der Waals surface area contributed by atoms with Crippen molar-refractivity contribution in [2.75, 3.05) is 0 Å². The predicted octanol–water partition coefficient (Wildman–Crippen LogP) is 3.35. The fourth-order valence-electron chi connectivity index (χ4n) is 1.76. The van der Waals surface area contributed by atoms with Crippen molar-refractivity contribution in [3.63, 3.8) is 0 Å². The Labute approximate surface area is 98.3 Å². The summed E-state index contributed by atoms with van der Waals surface area (Å²) in [7, 11) is 0. The Bertz CT molecular complexity index is 537. The molecule has 0 radical (unpaired) electrons. The van der Waals surface area contributed by atoms with Gasteiger partial charge in [-0.15, -0.1) is 0 Å². The molecule has 0 heterocycles. The Morgan fingerprint density at radius 2 is 1.71 bits per heavy atom. The van der Waals surface area contributed by atoms with Crippen LogP contribution in [0.3, 0.4) is 0 Å². The van der Waals surface area contributed by atoms with Gasteiger partial charge in [0.15, 0.2) is 11.6 Å². The molecule has 0 saturated carbocycles. The van der Waals surface area contributed by atoms with Crippen LogP contribution >= 0.6 is 0 Å². The van der Waals surface area contributed by atoms with Crippen LogP contribution in [0.15, 0.2) is 42.5 Å². The van der Waals surface area contributed by atoms with Gasteiger partial charge in [-0.25, -0.2) is 8.78 Å². The Morgan fingerprint density at radius 1 is 1.00 bits per heavy atom. The van der Waals surface area contributed by atoms with E-state index in [0.29, 0.717) is 11.1 Å². The van der Waals surface area contributed by atoms with E-state index < -0.39 is 17.7 Å². The van der Waals surface area contributed by atoms with Crippen molar-refractivity contribution >= 4 is 0 Å². The molecular formula is C14H12F2O. The van der Waals surface area contributed by atoms with Crippen LogP contribution in [0.25, 0.3) is 0 Å². The summed E-state index contributed by atoms with van der Waals surface area (Å²) in [6.07, 6.45) is -0.939. The van der Waals surface area contributed by atoms with Crippen LogP contribution in [-0.4, -0.2) is 5.11 Å². The van der Waals surface area contributed by atoms with Gasteiger partial charge >= 0.3 is 0 Å². The summed E-state index contributed by atoms with van der Waals surface area (Å²) in [5.74, 6) is -1.86. The molecule has 1 atom stereocenters. The number of hydrogen-bond acceptors (Lipinski definition) is 1. The van der Waals surface area contributed by atoms with Crippen molar-refractivity contribution in [1.82, 2.24) is 0 Å². The zero-order valence-corrected chi connectivity index (χ0v) is 9.32. The first-order valence-electron chi connectivity index (χ1n) is 5.28. The van der Waals surface area contributed by atoms with Crippen LogP contribution in [0.1, 0.15) is 22.8 Å². The van der Waals surface area contributed by atoms with Gasteiger partial charge in [0.1, 0.15) is 6.10 Å². The minimum absolute atomic E-state index is 0.346. The van der Waals surface area contributed by atoms with Gasteiger partial charge in [0, 0.05) is 0 Å². The molecule has 1 N–H and O–H groups in total. The second-order valence-corrected chi connectivity index (χ2v) is 3.93. The highest BCUT2D eigenvalue weighted by molar-refractivity contribution is 5.35. The van der Waals surface area contributed by atoms with E-state index in [1.165, 1.54) is 6.07 Å². The van der Waals surface area contributed by atoms with E-state index in [1.807, 2.05) is 19.1 Å². The largest absolute Gasteiger partial charge is 0.384 e. The lowest BCUT2D eigenvalue weighted by atomic mass is 9.97. The molecule has 0 bridgehead atoms. The maximum atomic E-state index is 13.1. The molecule has 3 heteroatoms. The second-order valence-electron chi connectivity index (χ2n) is 3.93. The van der Waals surface area contributed by atoms with Gasteiger partial charge in [-0.05, 0) is 35.7 Å². The van der Waals surface area contributed by atoms with E-state index in [4.69, 9.17) is 0 Å². The lowest BCUT2D eigenvalue weighted by Crippen LogP contribution is -2.02. The van der Waals surface area contributed by atoms with Gasteiger partial charge in [-0.2, -0.15) is 0 Å². The second kappa shape index (κ2) is 4.63. The third-order valence-electron chi connectivity index (χ3n) is 2.74. The van der Waals surface area contributed by atoms with Gasteiger partial charge in [0.25, 0.3) is 0 Å². The molecule has 0 fully saturated rings. The van der Waals surface area contributed by atoms with Crippen molar-refractivity contribution in [2.45, 2.75) is 13.0 Å². The molecule has 88 valence electrons. The number of aliphatic hydroxyl groups excluding tert-OH is 1. The molecule has 1 nitrogen and oxygen atoms in total. The van der Waals surface area contributed by atoms with Crippen LogP contribution in [0.4, 0.5) is 8.78 Å². The molecule has 0 aliphatic heterocycles. The normalized spacial score (nSPS) is 12.5. The first kappa shape index (κ1) is 11.7. The Morgan fingerprint density at radius 3 is 2.35 bits per heavy atom. The highest BCUT2D eigenvalue weighted by Crippen LogP contribution is 2.25. The van der Waals surface area contributed by atoms with E-state index in [-0.39, 0.29) is 0 Å². The summed E-state index contributed by atoms with van der Waals surface area (Å²) in [5, 5.41) is 10.1. The smallest absolute Gasteiger partial charge is 0.159 e. The van der Waals surface area contributed by atoms with Gasteiger partial charge in [-0.1, -0.05) is 30.3 Å². The molecule has 0 saturated heterocycles. The van der Waals surface area contributed by atoms with Crippen molar-refractivity contribution in [3.8, 4) is 0 Å². The van der Waals surface area contributed by atoms with Gasteiger partial charge < -0.3 is 5.11 Å². The van der Waals surface area contributed by atoms with Gasteiger partial charge in [0.2, 0.25) is 0 Å². The summed E-state index contributed by atoms with van der Waals surface area (Å²) >= 11 is 0. The SMILES string of the molecule is Cc1ccccc1C(O)c1ccc(F)c(F)c1. The molecule has 2 aromatic carbocycles. The standard InChI is InChI=1S/C14H12F2O/c1-9-4-2-3-5-11(9)14(17)10-6-7-12(15)13(16)8-10/h2-8,14,17H,1H3. The number of aliphatic hydroxyl groups is 1. The topological polar surface area (TPSA) is 20.2 Å². The van der Waals surface area contributed by atoms with Gasteiger partial charge in [0.05, 0.1) is 0 Å². The third-order valence-corrected chi connectivity index (χ3v) is 2.74. The average Bonchev–Trinajstić information content (AvgIpc) is 2.32. The van der Waals surface area contributed by atoms with E-state index in [1.54, 1.807) is 12.1 Å². The van der Waals surface area contributed by atoms with Crippen molar-refractivity contribution in [2.24, 2.45) is 0 Å². The van der Waals surface area contributed by atoms with E-state index in [2.05, 4.69) is 0 Å². The summed E-state index contributed by atoms with van der Waals surface area (Å²) in [6, 6.07) is 10.7. The van der Waals surface area contributed by atoms with E-state index >= 15 is 0 Å². The van der Waals surface area contributed by atoms with Crippen LogP contribution in [0, 0.1) is 18.6 Å². The molecule has 0 aromatic heterocycles. The predicted molar refractivity (Wildman–Crippen MR) is 61.6 cm³/mol. The van der Waals surface area contributed by atoms with Crippen molar-refractivity contribution in [1.29, 1.82) is 0 Å². The molecule has 0 amide bonds.